The maximum Gasteiger partial charge on any atom is 0.344 e. The molecule has 0 spiro atoms. The normalized spacial score (nSPS) is 12.2. The van der Waals surface area contributed by atoms with Crippen LogP contribution in [0, 0.1) is 0 Å². The number of aliphatic imine (C=N–C) groups is 1. The molecule has 0 aliphatic carbocycles. The van der Waals surface area contributed by atoms with Crippen LogP contribution in [-0.4, -0.2) is 30.5 Å². The first-order valence-corrected chi connectivity index (χ1v) is 8.18. The Bertz CT molecular complexity index is 965. The molecule has 0 radical (unpaired) electrons. The number of para-hydroxylation sites is 1. The number of hydrogen-bond acceptors (Lipinski definition) is 4. The fraction of sp³-hybridized carbons (Fsp3) is 0.143. The second-order valence-electron chi connectivity index (χ2n) is 5.77. The third-order valence-electron chi connectivity index (χ3n) is 3.96. The van der Waals surface area contributed by atoms with Gasteiger partial charge in [-0.2, -0.15) is 0 Å². The molecule has 5 heteroatoms. The number of ether oxygens (including phenoxy) is 2. The lowest BCUT2D eigenvalue weighted by Crippen LogP contribution is -2.23. The molecule has 5 nitrogen and oxygen atoms in total. The summed E-state index contributed by atoms with van der Waals surface area (Å²) < 4.78 is 10.9. The number of carboxylic acid groups (broad SMARTS) is 1. The van der Waals surface area contributed by atoms with Crippen molar-refractivity contribution in [3.05, 3.63) is 66.2 Å². The van der Waals surface area contributed by atoms with Crippen LogP contribution in [0.5, 0.6) is 11.5 Å². The maximum atomic E-state index is 11.1. The van der Waals surface area contributed by atoms with E-state index in [1.54, 1.807) is 24.4 Å². The van der Waals surface area contributed by atoms with Crippen molar-refractivity contribution < 1.29 is 19.4 Å². The van der Waals surface area contributed by atoms with Crippen molar-refractivity contribution in [3.63, 3.8) is 0 Å². The monoisotopic (exact) mass is 349 g/mol. The van der Waals surface area contributed by atoms with Gasteiger partial charge in [0.2, 0.25) is 0 Å². The summed E-state index contributed by atoms with van der Waals surface area (Å²) in [6, 6.07) is 19.3. The van der Waals surface area contributed by atoms with Gasteiger partial charge >= 0.3 is 5.97 Å². The van der Waals surface area contributed by atoms with E-state index in [2.05, 4.69) is 4.99 Å². The van der Waals surface area contributed by atoms with Gasteiger partial charge in [-0.25, -0.2) is 4.79 Å². The number of nitrogens with zero attached hydrogens (tertiary/aromatic N) is 1. The largest absolute Gasteiger partial charge is 0.493 e. The number of aliphatic carboxylic acids is 1. The molecule has 0 aliphatic rings. The van der Waals surface area contributed by atoms with Crippen LogP contribution < -0.4 is 9.47 Å². The molecule has 0 heterocycles. The minimum Gasteiger partial charge on any atom is -0.493 e. The number of benzene rings is 3. The summed E-state index contributed by atoms with van der Waals surface area (Å²) in [4.78, 5) is 15.6. The Kier molecular flexibility index (Phi) is 5.17. The molecule has 0 unspecified atom stereocenters. The van der Waals surface area contributed by atoms with Crippen molar-refractivity contribution in [2.75, 3.05) is 7.11 Å². The lowest BCUT2D eigenvalue weighted by Gasteiger charge is -2.15. The zero-order chi connectivity index (χ0) is 18.5. The van der Waals surface area contributed by atoms with Crippen LogP contribution in [0.4, 0.5) is 5.69 Å². The third kappa shape index (κ3) is 3.83. The molecule has 3 aromatic rings. The Hall–Kier alpha value is -3.34. The number of fused-ring (bicyclic) bond motifs is 1. The molecular weight excluding hydrogens is 330 g/mol. The van der Waals surface area contributed by atoms with Gasteiger partial charge in [0.15, 0.2) is 17.6 Å². The van der Waals surface area contributed by atoms with Crippen molar-refractivity contribution >= 4 is 28.6 Å². The summed E-state index contributed by atoms with van der Waals surface area (Å²) in [5, 5.41) is 11.4. The van der Waals surface area contributed by atoms with Crippen LogP contribution in [0.15, 0.2) is 65.7 Å². The summed E-state index contributed by atoms with van der Waals surface area (Å²) in [6.45, 7) is 1.47. The fourth-order valence-electron chi connectivity index (χ4n) is 2.55. The van der Waals surface area contributed by atoms with E-state index in [0.717, 1.165) is 16.5 Å². The van der Waals surface area contributed by atoms with E-state index in [9.17, 15) is 4.79 Å². The minimum absolute atomic E-state index is 0.356. The fourth-order valence-corrected chi connectivity index (χ4v) is 2.55. The number of hydrogen-bond donors (Lipinski definition) is 1. The summed E-state index contributed by atoms with van der Waals surface area (Å²) in [7, 11) is 1.51. The molecule has 0 fully saturated rings. The van der Waals surface area contributed by atoms with Gasteiger partial charge in [-0.3, -0.25) is 4.99 Å². The maximum absolute atomic E-state index is 11.1. The van der Waals surface area contributed by atoms with Gasteiger partial charge in [0, 0.05) is 11.8 Å². The van der Waals surface area contributed by atoms with Crippen molar-refractivity contribution in [1.82, 2.24) is 0 Å². The summed E-state index contributed by atoms with van der Waals surface area (Å²) in [5.41, 5.74) is 1.44. The van der Waals surface area contributed by atoms with Crippen LogP contribution in [0.2, 0.25) is 0 Å². The highest BCUT2D eigenvalue weighted by molar-refractivity contribution is 5.90. The van der Waals surface area contributed by atoms with Gasteiger partial charge < -0.3 is 14.6 Å². The molecule has 0 bridgehead atoms. The Labute approximate surface area is 151 Å². The van der Waals surface area contributed by atoms with E-state index in [1.165, 1.54) is 14.0 Å². The van der Waals surface area contributed by atoms with E-state index in [1.807, 2.05) is 42.5 Å². The Morgan fingerprint density at radius 3 is 2.58 bits per heavy atom. The number of methoxy groups -OCH3 is 1. The van der Waals surface area contributed by atoms with Gasteiger partial charge in [0.25, 0.3) is 0 Å². The van der Waals surface area contributed by atoms with Crippen molar-refractivity contribution in [3.8, 4) is 11.5 Å². The molecule has 0 saturated carbocycles. The zero-order valence-electron chi connectivity index (χ0n) is 14.5. The van der Waals surface area contributed by atoms with Gasteiger partial charge in [-0.15, -0.1) is 0 Å². The van der Waals surface area contributed by atoms with Crippen molar-refractivity contribution in [1.29, 1.82) is 0 Å². The minimum atomic E-state index is -1.05. The molecule has 0 aromatic heterocycles. The number of rotatable bonds is 6. The molecule has 26 heavy (non-hydrogen) atoms. The molecule has 0 aliphatic heterocycles. The van der Waals surface area contributed by atoms with E-state index in [4.69, 9.17) is 14.6 Å². The van der Waals surface area contributed by atoms with Crippen molar-refractivity contribution in [2.45, 2.75) is 13.0 Å². The first-order chi connectivity index (χ1) is 12.6. The second kappa shape index (κ2) is 7.70. The van der Waals surface area contributed by atoms with Gasteiger partial charge in [-0.1, -0.05) is 36.4 Å². The van der Waals surface area contributed by atoms with E-state index < -0.39 is 12.1 Å². The average molecular weight is 349 g/mol. The predicted octanol–water partition coefficient (Wildman–Crippen LogP) is 4.45. The van der Waals surface area contributed by atoms with Gasteiger partial charge in [0.05, 0.1) is 12.8 Å². The first-order valence-electron chi connectivity index (χ1n) is 8.18. The molecule has 3 rings (SSSR count). The lowest BCUT2D eigenvalue weighted by atomic mass is 10.1. The summed E-state index contributed by atoms with van der Waals surface area (Å²) >= 11 is 0. The van der Waals surface area contributed by atoms with E-state index in [-0.39, 0.29) is 0 Å². The summed E-state index contributed by atoms with van der Waals surface area (Å²) in [5.74, 6) is -0.233. The predicted molar refractivity (Wildman–Crippen MR) is 102 cm³/mol. The summed E-state index contributed by atoms with van der Waals surface area (Å²) in [6.07, 6.45) is 0.649. The molecule has 1 atom stereocenters. The molecule has 0 amide bonds. The number of carboxylic acids is 1. The van der Waals surface area contributed by atoms with Gasteiger partial charge in [-0.05, 0) is 42.0 Å². The third-order valence-corrected chi connectivity index (χ3v) is 3.96. The van der Waals surface area contributed by atoms with Crippen LogP contribution in [0.25, 0.3) is 10.8 Å². The highest BCUT2D eigenvalue weighted by Crippen LogP contribution is 2.31. The molecule has 3 aromatic carbocycles. The van der Waals surface area contributed by atoms with Crippen LogP contribution >= 0.6 is 0 Å². The Morgan fingerprint density at radius 1 is 1.08 bits per heavy atom. The number of carbonyl (C=O) groups is 1. The molecule has 132 valence electrons. The standard InChI is InChI=1S/C21H19NO4/c1-14(21(23)24)26-20-17(8-5-9-19(20)25-2)13-22-18-11-10-15-6-3-4-7-16(15)12-18/h3-14H,1-2H3,(H,23,24)/t14-/m1/s1. The lowest BCUT2D eigenvalue weighted by molar-refractivity contribution is -0.144. The van der Waals surface area contributed by atoms with E-state index in [0.29, 0.717) is 17.1 Å². The zero-order valence-corrected chi connectivity index (χ0v) is 14.5. The topological polar surface area (TPSA) is 68.1 Å². The molecule has 0 saturated heterocycles. The second-order valence-corrected chi connectivity index (χ2v) is 5.77. The molecule has 1 N–H and O–H groups in total. The highest BCUT2D eigenvalue weighted by Gasteiger charge is 2.17. The van der Waals surface area contributed by atoms with Crippen LogP contribution in [0.3, 0.4) is 0 Å². The Balaban J connectivity index is 1.94. The smallest absolute Gasteiger partial charge is 0.344 e. The van der Waals surface area contributed by atoms with E-state index >= 15 is 0 Å². The molecular formula is C21H19NO4. The van der Waals surface area contributed by atoms with Crippen molar-refractivity contribution in [2.24, 2.45) is 4.99 Å². The van der Waals surface area contributed by atoms with Gasteiger partial charge in [0.1, 0.15) is 0 Å². The first kappa shape index (κ1) is 17.5. The SMILES string of the molecule is COc1cccc(C=Nc2ccc3ccccc3c2)c1O[C@H](C)C(=O)O. The Morgan fingerprint density at radius 2 is 1.85 bits per heavy atom. The van der Waals surface area contributed by atoms with Crippen LogP contribution in [-0.2, 0) is 4.79 Å². The highest BCUT2D eigenvalue weighted by atomic mass is 16.5. The quantitative estimate of drug-likeness (QED) is 0.668. The average Bonchev–Trinajstić information content (AvgIpc) is 2.66. The van der Waals surface area contributed by atoms with Crippen LogP contribution in [0.1, 0.15) is 12.5 Å².